The number of hydrogen-bond acceptors (Lipinski definition) is 2. The van der Waals surface area contributed by atoms with Crippen molar-refractivity contribution in [1.29, 1.82) is 0 Å². The first-order valence-corrected chi connectivity index (χ1v) is 3.51. The molecule has 1 aromatic rings. The van der Waals surface area contributed by atoms with E-state index in [1.807, 2.05) is 0 Å². The summed E-state index contributed by atoms with van der Waals surface area (Å²) in [4.78, 5) is 0. The number of alkyl halides is 2. The van der Waals surface area contributed by atoms with Gasteiger partial charge in [-0.3, -0.25) is 0 Å². The van der Waals surface area contributed by atoms with E-state index in [2.05, 4.69) is 4.74 Å². The molecule has 13 heavy (non-hydrogen) atoms. The van der Waals surface area contributed by atoms with Crippen LogP contribution in [0.2, 0.25) is 0 Å². The standard InChI is InChI=1S/C8H8F3NO/c1-4-2-5(12)3-6(9)7(4)13-8(10)11/h2-3,8H,12H2,1H3. The summed E-state index contributed by atoms with van der Waals surface area (Å²) in [6.45, 7) is -1.59. The Morgan fingerprint density at radius 1 is 1.38 bits per heavy atom. The third-order valence-electron chi connectivity index (χ3n) is 1.46. The lowest BCUT2D eigenvalue weighted by Gasteiger charge is -2.09. The first-order valence-electron chi connectivity index (χ1n) is 3.51. The van der Waals surface area contributed by atoms with Gasteiger partial charge in [-0.1, -0.05) is 0 Å². The van der Waals surface area contributed by atoms with Crippen molar-refractivity contribution in [2.75, 3.05) is 5.73 Å². The van der Waals surface area contributed by atoms with Crippen molar-refractivity contribution in [3.63, 3.8) is 0 Å². The summed E-state index contributed by atoms with van der Waals surface area (Å²) >= 11 is 0. The van der Waals surface area contributed by atoms with Crippen LogP contribution >= 0.6 is 0 Å². The lowest BCUT2D eigenvalue weighted by Crippen LogP contribution is -2.05. The van der Waals surface area contributed by atoms with Crippen molar-refractivity contribution in [3.05, 3.63) is 23.5 Å². The fourth-order valence-electron chi connectivity index (χ4n) is 0.996. The fourth-order valence-corrected chi connectivity index (χ4v) is 0.996. The van der Waals surface area contributed by atoms with Crippen molar-refractivity contribution < 1.29 is 17.9 Å². The molecule has 0 fully saturated rings. The highest BCUT2D eigenvalue weighted by Gasteiger charge is 2.12. The fraction of sp³-hybridized carbons (Fsp3) is 0.250. The van der Waals surface area contributed by atoms with Crippen LogP contribution in [0.5, 0.6) is 5.75 Å². The second kappa shape index (κ2) is 3.55. The third-order valence-corrected chi connectivity index (χ3v) is 1.46. The lowest BCUT2D eigenvalue weighted by atomic mass is 10.2. The van der Waals surface area contributed by atoms with Gasteiger partial charge in [0.05, 0.1) is 0 Å². The van der Waals surface area contributed by atoms with Gasteiger partial charge in [-0.25, -0.2) is 4.39 Å². The van der Waals surface area contributed by atoms with Gasteiger partial charge in [0.15, 0.2) is 11.6 Å². The molecule has 0 aliphatic rings. The molecule has 0 aromatic heterocycles. The lowest BCUT2D eigenvalue weighted by molar-refractivity contribution is -0.0526. The topological polar surface area (TPSA) is 35.2 Å². The van der Waals surface area contributed by atoms with Crippen LogP contribution in [-0.2, 0) is 0 Å². The van der Waals surface area contributed by atoms with Crippen molar-refractivity contribution in [3.8, 4) is 5.75 Å². The molecule has 0 amide bonds. The van der Waals surface area contributed by atoms with Crippen LogP contribution < -0.4 is 10.5 Å². The average Bonchev–Trinajstić information content (AvgIpc) is 1.96. The highest BCUT2D eigenvalue weighted by molar-refractivity contribution is 5.48. The van der Waals surface area contributed by atoms with Gasteiger partial charge in [-0.15, -0.1) is 0 Å². The van der Waals surface area contributed by atoms with Crippen LogP contribution in [0.25, 0.3) is 0 Å². The maximum Gasteiger partial charge on any atom is 0.387 e. The molecule has 0 atom stereocenters. The molecule has 0 aliphatic heterocycles. The Balaban J connectivity index is 3.06. The maximum absolute atomic E-state index is 12.9. The minimum absolute atomic E-state index is 0.177. The maximum atomic E-state index is 12.9. The first kappa shape index (κ1) is 9.70. The second-order valence-corrected chi connectivity index (χ2v) is 2.53. The van der Waals surface area contributed by atoms with Gasteiger partial charge in [0.25, 0.3) is 0 Å². The molecule has 0 saturated carbocycles. The average molecular weight is 191 g/mol. The summed E-state index contributed by atoms with van der Waals surface area (Å²) in [5.41, 5.74) is 5.70. The minimum atomic E-state index is -3.03. The largest absolute Gasteiger partial charge is 0.431 e. The monoisotopic (exact) mass is 191 g/mol. The number of nitrogen functional groups attached to an aromatic ring is 1. The normalized spacial score (nSPS) is 10.5. The molecule has 72 valence electrons. The molecule has 0 radical (unpaired) electrons. The molecule has 1 rings (SSSR count). The molecule has 1 aromatic carbocycles. The summed E-state index contributed by atoms with van der Waals surface area (Å²) in [6, 6.07) is 2.30. The van der Waals surface area contributed by atoms with E-state index in [0.717, 1.165) is 6.07 Å². The van der Waals surface area contributed by atoms with Crippen molar-refractivity contribution >= 4 is 5.69 Å². The Hall–Kier alpha value is -1.39. The van der Waals surface area contributed by atoms with Gasteiger partial charge in [0, 0.05) is 11.8 Å². The van der Waals surface area contributed by atoms with Gasteiger partial charge in [-0.05, 0) is 18.6 Å². The zero-order chi connectivity index (χ0) is 10.0. The summed E-state index contributed by atoms with van der Waals surface area (Å²) in [5.74, 6) is -1.33. The Labute approximate surface area is 73.1 Å². The highest BCUT2D eigenvalue weighted by atomic mass is 19.3. The number of ether oxygens (including phenoxy) is 1. The van der Waals surface area contributed by atoms with E-state index in [4.69, 9.17) is 5.73 Å². The van der Waals surface area contributed by atoms with Crippen molar-refractivity contribution in [2.24, 2.45) is 0 Å². The summed E-state index contributed by atoms with van der Waals surface area (Å²) in [5, 5.41) is 0. The van der Waals surface area contributed by atoms with Gasteiger partial charge in [-0.2, -0.15) is 8.78 Å². The van der Waals surface area contributed by atoms with Crippen LogP contribution in [0, 0.1) is 12.7 Å². The van der Waals surface area contributed by atoms with Gasteiger partial charge < -0.3 is 10.5 Å². The second-order valence-electron chi connectivity index (χ2n) is 2.53. The first-order chi connectivity index (χ1) is 6.00. The summed E-state index contributed by atoms with van der Waals surface area (Å²) in [7, 11) is 0. The van der Waals surface area contributed by atoms with E-state index in [1.165, 1.54) is 13.0 Å². The highest BCUT2D eigenvalue weighted by Crippen LogP contribution is 2.26. The van der Waals surface area contributed by atoms with Crippen LogP contribution in [-0.4, -0.2) is 6.61 Å². The van der Waals surface area contributed by atoms with E-state index < -0.39 is 18.2 Å². The molecular weight excluding hydrogens is 183 g/mol. The zero-order valence-corrected chi connectivity index (χ0v) is 6.85. The van der Waals surface area contributed by atoms with Crippen LogP contribution in [0.1, 0.15) is 5.56 Å². The van der Waals surface area contributed by atoms with E-state index in [9.17, 15) is 13.2 Å². The van der Waals surface area contributed by atoms with Gasteiger partial charge in [0.2, 0.25) is 0 Å². The molecule has 5 heteroatoms. The SMILES string of the molecule is Cc1cc(N)cc(F)c1OC(F)F. The number of rotatable bonds is 2. The van der Waals surface area contributed by atoms with Crippen molar-refractivity contribution in [1.82, 2.24) is 0 Å². The number of aryl methyl sites for hydroxylation is 1. The predicted octanol–water partition coefficient (Wildman–Crippen LogP) is 2.32. The van der Waals surface area contributed by atoms with Gasteiger partial charge in [0.1, 0.15) is 0 Å². The van der Waals surface area contributed by atoms with Crippen LogP contribution in [0.4, 0.5) is 18.9 Å². The number of anilines is 1. The van der Waals surface area contributed by atoms with Crippen LogP contribution in [0.15, 0.2) is 12.1 Å². The van der Waals surface area contributed by atoms with E-state index in [0.29, 0.717) is 0 Å². The molecular formula is C8H8F3NO. The minimum Gasteiger partial charge on any atom is -0.431 e. The Kier molecular flexibility index (Phi) is 2.65. The molecule has 0 aliphatic carbocycles. The third kappa shape index (κ3) is 2.27. The van der Waals surface area contributed by atoms with E-state index in [1.54, 1.807) is 0 Å². The smallest absolute Gasteiger partial charge is 0.387 e. The summed E-state index contributed by atoms with van der Waals surface area (Å²) < 4.78 is 40.4. The number of nitrogens with two attached hydrogens (primary N) is 1. The Morgan fingerprint density at radius 3 is 2.46 bits per heavy atom. The molecule has 2 N–H and O–H groups in total. The molecule has 0 heterocycles. The van der Waals surface area contributed by atoms with Crippen molar-refractivity contribution in [2.45, 2.75) is 13.5 Å². The summed E-state index contributed by atoms with van der Waals surface area (Å²) in [6.07, 6.45) is 0. The predicted molar refractivity (Wildman–Crippen MR) is 42.2 cm³/mol. The van der Waals surface area contributed by atoms with Crippen LogP contribution in [0.3, 0.4) is 0 Å². The molecule has 0 saturated heterocycles. The van der Waals surface area contributed by atoms with E-state index in [-0.39, 0.29) is 11.3 Å². The van der Waals surface area contributed by atoms with Gasteiger partial charge >= 0.3 is 6.61 Å². The number of halogens is 3. The van der Waals surface area contributed by atoms with E-state index >= 15 is 0 Å². The zero-order valence-electron chi connectivity index (χ0n) is 6.85. The number of hydrogen-bond donors (Lipinski definition) is 1. The molecule has 2 nitrogen and oxygen atoms in total. The molecule has 0 spiro atoms. The molecule has 0 unspecified atom stereocenters. The number of benzene rings is 1. The quantitative estimate of drug-likeness (QED) is 0.728. The molecule has 0 bridgehead atoms. The Morgan fingerprint density at radius 2 is 2.00 bits per heavy atom. The Bertz CT molecular complexity index is 291.